The van der Waals surface area contributed by atoms with E-state index in [1.165, 1.54) is 10.9 Å². The van der Waals surface area contributed by atoms with Crippen LogP contribution < -0.4 is 5.73 Å². The van der Waals surface area contributed by atoms with Gasteiger partial charge in [-0.05, 0) is 31.0 Å². The Balaban J connectivity index is 2.52. The van der Waals surface area contributed by atoms with E-state index in [0.29, 0.717) is 6.54 Å². The lowest BCUT2D eigenvalue weighted by molar-refractivity contribution is 0.575. The molecule has 0 saturated heterocycles. The zero-order valence-electron chi connectivity index (χ0n) is 9.08. The second-order valence-electron chi connectivity index (χ2n) is 3.68. The van der Waals surface area contributed by atoms with Crippen LogP contribution in [0.25, 0.3) is 17.0 Å². The van der Waals surface area contributed by atoms with Crippen LogP contribution in [-0.4, -0.2) is 6.54 Å². The number of hydrogen-bond acceptors (Lipinski definition) is 2. The molecule has 2 heteroatoms. The Bertz CT molecular complexity index is 508. The molecular formula is C13H15NO. The standard InChI is InChI=1S/C13H15NO/c1-9-10(2)15-13-8-11(4-3-7-14)5-6-12(9)13/h3-6,8H,7,14H2,1-2H3/b4-3+. The van der Waals surface area contributed by atoms with E-state index in [2.05, 4.69) is 19.1 Å². The lowest BCUT2D eigenvalue weighted by Gasteiger charge is -1.93. The lowest BCUT2D eigenvalue weighted by Crippen LogP contribution is -1.91. The molecule has 0 amide bonds. The molecule has 0 aliphatic carbocycles. The summed E-state index contributed by atoms with van der Waals surface area (Å²) in [5, 5.41) is 1.19. The summed E-state index contributed by atoms with van der Waals surface area (Å²) in [4.78, 5) is 0. The van der Waals surface area contributed by atoms with Crippen LogP contribution in [0.4, 0.5) is 0 Å². The SMILES string of the molecule is Cc1oc2cc(/C=C/CN)ccc2c1C. The Kier molecular flexibility index (Phi) is 2.60. The summed E-state index contributed by atoms with van der Waals surface area (Å²) >= 11 is 0. The molecule has 0 unspecified atom stereocenters. The molecule has 2 nitrogen and oxygen atoms in total. The minimum Gasteiger partial charge on any atom is -0.461 e. The highest BCUT2D eigenvalue weighted by Gasteiger charge is 2.05. The first-order valence-corrected chi connectivity index (χ1v) is 5.08. The van der Waals surface area contributed by atoms with Gasteiger partial charge in [0, 0.05) is 11.9 Å². The molecule has 0 fully saturated rings. The van der Waals surface area contributed by atoms with Crippen molar-refractivity contribution in [3.63, 3.8) is 0 Å². The molecule has 0 bridgehead atoms. The van der Waals surface area contributed by atoms with Crippen molar-refractivity contribution in [1.29, 1.82) is 0 Å². The summed E-state index contributed by atoms with van der Waals surface area (Å²) in [5.41, 5.74) is 8.70. The Labute approximate surface area is 89.4 Å². The van der Waals surface area contributed by atoms with Gasteiger partial charge >= 0.3 is 0 Å². The molecule has 1 aromatic heterocycles. The van der Waals surface area contributed by atoms with Crippen LogP contribution in [-0.2, 0) is 0 Å². The smallest absolute Gasteiger partial charge is 0.135 e. The molecule has 0 atom stereocenters. The molecule has 1 heterocycles. The second-order valence-corrected chi connectivity index (χ2v) is 3.68. The van der Waals surface area contributed by atoms with Gasteiger partial charge in [-0.1, -0.05) is 24.3 Å². The van der Waals surface area contributed by atoms with E-state index in [9.17, 15) is 0 Å². The lowest BCUT2D eigenvalue weighted by atomic mass is 10.1. The topological polar surface area (TPSA) is 39.2 Å². The second kappa shape index (κ2) is 3.91. The molecular weight excluding hydrogens is 186 g/mol. The predicted octanol–water partition coefficient (Wildman–Crippen LogP) is 3.02. The van der Waals surface area contributed by atoms with Gasteiger partial charge in [0.15, 0.2) is 0 Å². The summed E-state index contributed by atoms with van der Waals surface area (Å²) < 4.78 is 5.65. The molecule has 0 aliphatic heterocycles. The number of hydrogen-bond donors (Lipinski definition) is 1. The minimum absolute atomic E-state index is 0.564. The van der Waals surface area contributed by atoms with Crippen LogP contribution in [0.5, 0.6) is 0 Å². The zero-order valence-corrected chi connectivity index (χ0v) is 9.08. The molecule has 0 spiro atoms. The quantitative estimate of drug-likeness (QED) is 0.811. The van der Waals surface area contributed by atoms with Gasteiger partial charge in [-0.2, -0.15) is 0 Å². The summed E-state index contributed by atoms with van der Waals surface area (Å²) in [7, 11) is 0. The van der Waals surface area contributed by atoms with Crippen molar-refractivity contribution in [2.45, 2.75) is 13.8 Å². The Morgan fingerprint density at radius 3 is 2.87 bits per heavy atom. The van der Waals surface area contributed by atoms with Crippen LogP contribution in [0.2, 0.25) is 0 Å². The van der Waals surface area contributed by atoms with E-state index in [0.717, 1.165) is 16.9 Å². The summed E-state index contributed by atoms with van der Waals surface area (Å²) in [6.07, 6.45) is 3.94. The fourth-order valence-corrected chi connectivity index (χ4v) is 1.67. The fraction of sp³-hybridized carbons (Fsp3) is 0.231. The third kappa shape index (κ3) is 1.81. The van der Waals surface area contributed by atoms with Crippen molar-refractivity contribution in [2.75, 3.05) is 6.54 Å². The van der Waals surface area contributed by atoms with Crippen LogP contribution in [0.3, 0.4) is 0 Å². The van der Waals surface area contributed by atoms with Crippen molar-refractivity contribution in [3.05, 3.63) is 41.2 Å². The van der Waals surface area contributed by atoms with E-state index in [1.54, 1.807) is 0 Å². The maximum atomic E-state index is 5.65. The van der Waals surface area contributed by atoms with Crippen molar-refractivity contribution < 1.29 is 4.42 Å². The van der Waals surface area contributed by atoms with E-state index < -0.39 is 0 Å². The van der Waals surface area contributed by atoms with E-state index in [4.69, 9.17) is 10.2 Å². The van der Waals surface area contributed by atoms with Gasteiger partial charge in [0.25, 0.3) is 0 Å². The molecule has 15 heavy (non-hydrogen) atoms. The molecule has 0 aliphatic rings. The van der Waals surface area contributed by atoms with Gasteiger partial charge < -0.3 is 10.2 Å². The zero-order chi connectivity index (χ0) is 10.8. The molecule has 1 aromatic carbocycles. The van der Waals surface area contributed by atoms with E-state index in [-0.39, 0.29) is 0 Å². The van der Waals surface area contributed by atoms with Gasteiger partial charge in [0.2, 0.25) is 0 Å². The number of rotatable bonds is 2. The largest absolute Gasteiger partial charge is 0.461 e. The fourth-order valence-electron chi connectivity index (χ4n) is 1.67. The van der Waals surface area contributed by atoms with E-state index in [1.807, 2.05) is 25.1 Å². The van der Waals surface area contributed by atoms with Crippen molar-refractivity contribution in [2.24, 2.45) is 5.73 Å². The third-order valence-corrected chi connectivity index (χ3v) is 2.65. The van der Waals surface area contributed by atoms with Crippen molar-refractivity contribution in [3.8, 4) is 0 Å². The Hall–Kier alpha value is -1.54. The van der Waals surface area contributed by atoms with Gasteiger partial charge in [0.1, 0.15) is 11.3 Å². The monoisotopic (exact) mass is 201 g/mol. The number of aryl methyl sites for hydroxylation is 2. The molecule has 0 saturated carbocycles. The van der Waals surface area contributed by atoms with Gasteiger partial charge in [-0.25, -0.2) is 0 Å². The van der Waals surface area contributed by atoms with Crippen LogP contribution >= 0.6 is 0 Å². The van der Waals surface area contributed by atoms with Crippen LogP contribution in [0, 0.1) is 13.8 Å². The number of fused-ring (bicyclic) bond motifs is 1. The summed E-state index contributed by atoms with van der Waals surface area (Å²) in [5.74, 6) is 0.991. The highest BCUT2D eigenvalue weighted by molar-refractivity contribution is 5.84. The Morgan fingerprint density at radius 1 is 1.33 bits per heavy atom. The van der Waals surface area contributed by atoms with Crippen molar-refractivity contribution >= 4 is 17.0 Å². The van der Waals surface area contributed by atoms with Gasteiger partial charge in [-0.3, -0.25) is 0 Å². The molecule has 2 N–H and O–H groups in total. The minimum atomic E-state index is 0.564. The predicted molar refractivity (Wildman–Crippen MR) is 63.8 cm³/mol. The van der Waals surface area contributed by atoms with Gasteiger partial charge in [0.05, 0.1) is 0 Å². The van der Waals surface area contributed by atoms with Gasteiger partial charge in [-0.15, -0.1) is 0 Å². The molecule has 2 aromatic rings. The number of benzene rings is 1. The van der Waals surface area contributed by atoms with Crippen LogP contribution in [0.15, 0.2) is 28.7 Å². The molecule has 78 valence electrons. The maximum absolute atomic E-state index is 5.65. The number of nitrogens with two attached hydrogens (primary N) is 1. The first-order chi connectivity index (χ1) is 7.22. The van der Waals surface area contributed by atoms with E-state index >= 15 is 0 Å². The summed E-state index contributed by atoms with van der Waals surface area (Å²) in [6, 6.07) is 6.22. The maximum Gasteiger partial charge on any atom is 0.135 e. The number of furan rings is 1. The van der Waals surface area contributed by atoms with Crippen molar-refractivity contribution in [1.82, 2.24) is 0 Å². The first kappa shape index (κ1) is 9.99. The third-order valence-electron chi connectivity index (χ3n) is 2.65. The van der Waals surface area contributed by atoms with Crippen LogP contribution in [0.1, 0.15) is 16.9 Å². The normalized spacial score (nSPS) is 11.7. The first-order valence-electron chi connectivity index (χ1n) is 5.08. The highest BCUT2D eigenvalue weighted by Crippen LogP contribution is 2.25. The Morgan fingerprint density at radius 2 is 2.13 bits per heavy atom. The highest BCUT2D eigenvalue weighted by atomic mass is 16.3. The average Bonchev–Trinajstić information content (AvgIpc) is 2.52. The average molecular weight is 201 g/mol. The molecule has 0 radical (unpaired) electrons. The summed E-state index contributed by atoms with van der Waals surface area (Å²) in [6.45, 7) is 4.63. The molecule has 2 rings (SSSR count).